The highest BCUT2D eigenvalue weighted by molar-refractivity contribution is 5.91. The summed E-state index contributed by atoms with van der Waals surface area (Å²) in [4.78, 5) is 21.7. The lowest BCUT2D eigenvalue weighted by atomic mass is 10.1. The minimum atomic E-state index is -0.0222. The first-order valence-electron chi connectivity index (χ1n) is 6.22. The van der Waals surface area contributed by atoms with E-state index in [9.17, 15) is 4.79 Å². The lowest BCUT2D eigenvalue weighted by Crippen LogP contribution is -2.27. The second-order valence-electron chi connectivity index (χ2n) is 4.33. The summed E-state index contributed by atoms with van der Waals surface area (Å²) >= 11 is 0. The van der Waals surface area contributed by atoms with Crippen molar-refractivity contribution in [3.63, 3.8) is 0 Å². The molecule has 0 aromatic carbocycles. The number of pyridine rings is 2. The van der Waals surface area contributed by atoms with Gasteiger partial charge in [-0.2, -0.15) is 5.26 Å². The van der Waals surface area contributed by atoms with Crippen LogP contribution in [-0.2, 0) is 11.2 Å². The molecule has 100 valence electrons. The van der Waals surface area contributed by atoms with E-state index in [4.69, 9.17) is 5.26 Å². The van der Waals surface area contributed by atoms with Crippen LogP contribution in [0.1, 0.15) is 17.5 Å². The van der Waals surface area contributed by atoms with Gasteiger partial charge in [0.15, 0.2) is 0 Å². The zero-order chi connectivity index (χ0) is 14.4. The quantitative estimate of drug-likeness (QED) is 0.848. The normalized spacial score (nSPS) is 9.80. The van der Waals surface area contributed by atoms with Crippen LogP contribution in [0.25, 0.3) is 0 Å². The lowest BCUT2D eigenvalue weighted by molar-refractivity contribution is -0.118. The molecule has 0 bridgehead atoms. The third kappa shape index (κ3) is 3.39. The molecule has 0 saturated heterocycles. The molecule has 0 aliphatic rings. The Balaban J connectivity index is 1.96. The van der Waals surface area contributed by atoms with Crippen molar-refractivity contribution in [1.29, 1.82) is 5.26 Å². The van der Waals surface area contributed by atoms with E-state index >= 15 is 0 Å². The Kier molecular flexibility index (Phi) is 4.40. The van der Waals surface area contributed by atoms with Gasteiger partial charge in [-0.15, -0.1) is 0 Å². The number of carbonyl (C=O) groups excluding carboxylic acids is 1. The van der Waals surface area contributed by atoms with E-state index in [1.807, 2.05) is 18.2 Å². The van der Waals surface area contributed by atoms with Crippen molar-refractivity contribution in [2.24, 2.45) is 0 Å². The van der Waals surface area contributed by atoms with Gasteiger partial charge in [0, 0.05) is 32.1 Å². The molecule has 5 nitrogen and oxygen atoms in total. The van der Waals surface area contributed by atoms with Crippen molar-refractivity contribution in [1.82, 2.24) is 9.97 Å². The van der Waals surface area contributed by atoms with Crippen LogP contribution < -0.4 is 4.90 Å². The number of carbonyl (C=O) groups is 1. The summed E-state index contributed by atoms with van der Waals surface area (Å²) < 4.78 is 0. The van der Waals surface area contributed by atoms with Gasteiger partial charge in [0.2, 0.25) is 5.91 Å². The van der Waals surface area contributed by atoms with Gasteiger partial charge in [-0.1, -0.05) is 6.07 Å². The first-order valence-corrected chi connectivity index (χ1v) is 6.22. The third-order valence-corrected chi connectivity index (χ3v) is 2.95. The van der Waals surface area contributed by atoms with Gasteiger partial charge < -0.3 is 0 Å². The van der Waals surface area contributed by atoms with Crippen LogP contribution in [0.5, 0.6) is 0 Å². The minimum Gasteiger partial charge on any atom is -0.300 e. The maximum Gasteiger partial charge on any atom is 0.228 e. The van der Waals surface area contributed by atoms with Crippen molar-refractivity contribution in [2.75, 3.05) is 11.9 Å². The Labute approximate surface area is 117 Å². The highest BCUT2D eigenvalue weighted by Gasteiger charge is 2.12. The van der Waals surface area contributed by atoms with Gasteiger partial charge in [0.1, 0.15) is 11.9 Å². The number of aromatic nitrogens is 2. The van der Waals surface area contributed by atoms with E-state index in [1.54, 1.807) is 31.6 Å². The van der Waals surface area contributed by atoms with E-state index in [0.717, 1.165) is 5.56 Å². The average Bonchev–Trinajstić information content (AvgIpc) is 2.53. The molecule has 0 aliphatic carbocycles. The van der Waals surface area contributed by atoms with Gasteiger partial charge in [0.05, 0.1) is 5.56 Å². The molecule has 2 aromatic heterocycles. The number of amides is 1. The minimum absolute atomic E-state index is 0.0222. The molecule has 0 spiro atoms. The van der Waals surface area contributed by atoms with Crippen LogP contribution >= 0.6 is 0 Å². The summed E-state index contributed by atoms with van der Waals surface area (Å²) in [6.07, 6.45) is 5.96. The third-order valence-electron chi connectivity index (χ3n) is 2.95. The van der Waals surface area contributed by atoms with Crippen LogP contribution in [0.2, 0.25) is 0 Å². The van der Waals surface area contributed by atoms with Crippen molar-refractivity contribution in [2.45, 2.75) is 12.8 Å². The molecular weight excluding hydrogens is 252 g/mol. The van der Waals surface area contributed by atoms with Crippen molar-refractivity contribution in [3.05, 3.63) is 54.0 Å². The average molecular weight is 266 g/mol. The van der Waals surface area contributed by atoms with E-state index in [0.29, 0.717) is 24.2 Å². The Bertz CT molecular complexity index is 617. The SMILES string of the molecule is CN(C(=O)CCc1cccnc1)c1ccc(C#N)cn1. The molecule has 2 heterocycles. The molecule has 20 heavy (non-hydrogen) atoms. The monoisotopic (exact) mass is 266 g/mol. The van der Waals surface area contributed by atoms with Crippen LogP contribution in [0.4, 0.5) is 5.82 Å². The Morgan fingerprint density at radius 3 is 2.80 bits per heavy atom. The topological polar surface area (TPSA) is 69.9 Å². The van der Waals surface area contributed by atoms with Crippen molar-refractivity contribution < 1.29 is 4.79 Å². The summed E-state index contributed by atoms with van der Waals surface area (Å²) in [5.41, 5.74) is 1.51. The fourth-order valence-corrected chi connectivity index (χ4v) is 1.74. The van der Waals surface area contributed by atoms with Gasteiger partial charge in [0.25, 0.3) is 0 Å². The number of rotatable bonds is 4. The molecule has 0 saturated carbocycles. The summed E-state index contributed by atoms with van der Waals surface area (Å²) in [6.45, 7) is 0. The van der Waals surface area contributed by atoms with Gasteiger partial charge in [-0.3, -0.25) is 14.7 Å². The number of nitrogens with zero attached hydrogens (tertiary/aromatic N) is 4. The molecule has 0 atom stereocenters. The molecule has 0 unspecified atom stereocenters. The smallest absolute Gasteiger partial charge is 0.228 e. The van der Waals surface area contributed by atoms with Crippen LogP contribution in [-0.4, -0.2) is 22.9 Å². The maximum atomic E-state index is 12.1. The predicted molar refractivity (Wildman–Crippen MR) is 74.9 cm³/mol. The second-order valence-corrected chi connectivity index (χ2v) is 4.33. The molecule has 0 aliphatic heterocycles. The Morgan fingerprint density at radius 1 is 1.35 bits per heavy atom. The van der Waals surface area contributed by atoms with Crippen LogP contribution in [0.3, 0.4) is 0 Å². The van der Waals surface area contributed by atoms with E-state index in [1.165, 1.54) is 11.1 Å². The first-order chi connectivity index (χ1) is 9.70. The number of nitriles is 1. The Hall–Kier alpha value is -2.74. The largest absolute Gasteiger partial charge is 0.300 e. The molecule has 5 heteroatoms. The van der Waals surface area contributed by atoms with Crippen LogP contribution in [0.15, 0.2) is 42.9 Å². The molecular formula is C15H14N4O. The molecule has 0 radical (unpaired) electrons. The summed E-state index contributed by atoms with van der Waals surface area (Å²) in [6, 6.07) is 9.11. The first kappa shape index (κ1) is 13.7. The molecule has 1 amide bonds. The number of aryl methyl sites for hydroxylation is 1. The van der Waals surface area contributed by atoms with E-state index in [-0.39, 0.29) is 5.91 Å². The van der Waals surface area contributed by atoms with Crippen molar-refractivity contribution in [3.8, 4) is 6.07 Å². The zero-order valence-electron chi connectivity index (χ0n) is 11.2. The predicted octanol–water partition coefficient (Wildman–Crippen LogP) is 1.94. The number of hydrogen-bond acceptors (Lipinski definition) is 4. The molecule has 0 N–H and O–H groups in total. The molecule has 2 rings (SSSR count). The van der Waals surface area contributed by atoms with Crippen molar-refractivity contribution >= 4 is 11.7 Å². The standard InChI is InChI=1S/C15H14N4O/c1-19(14-6-4-13(9-16)11-18-14)15(20)7-5-12-3-2-8-17-10-12/h2-4,6,8,10-11H,5,7H2,1H3. The summed E-state index contributed by atoms with van der Waals surface area (Å²) in [5.74, 6) is 0.520. The molecule has 0 fully saturated rings. The van der Waals surface area contributed by atoms with Gasteiger partial charge in [-0.05, 0) is 30.2 Å². The van der Waals surface area contributed by atoms with Gasteiger partial charge in [-0.25, -0.2) is 4.98 Å². The molecule has 2 aromatic rings. The summed E-state index contributed by atoms with van der Waals surface area (Å²) in [7, 11) is 1.68. The fraction of sp³-hybridized carbons (Fsp3) is 0.200. The lowest BCUT2D eigenvalue weighted by Gasteiger charge is -2.16. The highest BCUT2D eigenvalue weighted by atomic mass is 16.2. The summed E-state index contributed by atoms with van der Waals surface area (Å²) in [5, 5.41) is 8.71. The van der Waals surface area contributed by atoms with Gasteiger partial charge >= 0.3 is 0 Å². The van der Waals surface area contributed by atoms with E-state index < -0.39 is 0 Å². The number of hydrogen-bond donors (Lipinski definition) is 0. The zero-order valence-corrected chi connectivity index (χ0v) is 11.2. The Morgan fingerprint density at radius 2 is 2.20 bits per heavy atom. The maximum absolute atomic E-state index is 12.1. The van der Waals surface area contributed by atoms with E-state index in [2.05, 4.69) is 9.97 Å². The number of anilines is 1. The van der Waals surface area contributed by atoms with Crippen LogP contribution in [0, 0.1) is 11.3 Å². The highest BCUT2D eigenvalue weighted by Crippen LogP contribution is 2.11. The second kappa shape index (κ2) is 6.43. The fourth-order valence-electron chi connectivity index (χ4n) is 1.74.